The molecule has 0 bridgehead atoms. The van der Waals surface area contributed by atoms with Crippen LogP contribution in [0.5, 0.6) is 0 Å². The molecule has 0 spiro atoms. The molecule has 58 valence electrons. The molecule has 3 unspecified atom stereocenters. The molecule has 3 atom stereocenters. The third-order valence-electron chi connectivity index (χ3n) is 3.05. The lowest BCUT2D eigenvalue weighted by Crippen LogP contribution is -2.53. The quantitative estimate of drug-likeness (QED) is 0.563. The summed E-state index contributed by atoms with van der Waals surface area (Å²) in [7, 11) is 4.39. The van der Waals surface area contributed by atoms with Crippen molar-refractivity contribution >= 4 is 0 Å². The molecule has 2 aliphatic rings. The summed E-state index contributed by atoms with van der Waals surface area (Å²) in [6.45, 7) is 1.25. The van der Waals surface area contributed by atoms with E-state index in [1.54, 1.807) is 0 Å². The van der Waals surface area contributed by atoms with Gasteiger partial charge in [-0.2, -0.15) is 0 Å². The first-order valence-electron chi connectivity index (χ1n) is 4.19. The highest BCUT2D eigenvalue weighted by molar-refractivity contribution is 5.02. The molecule has 1 saturated carbocycles. The van der Waals surface area contributed by atoms with Gasteiger partial charge in [0.15, 0.2) is 0 Å². The van der Waals surface area contributed by atoms with Crippen LogP contribution in [0.4, 0.5) is 0 Å². The van der Waals surface area contributed by atoms with Gasteiger partial charge in [0.25, 0.3) is 0 Å². The average Bonchev–Trinajstić information content (AvgIpc) is 2.11. The van der Waals surface area contributed by atoms with Gasteiger partial charge in [0.1, 0.15) is 0 Å². The first-order chi connectivity index (χ1) is 4.79. The van der Waals surface area contributed by atoms with Gasteiger partial charge in [-0.15, -0.1) is 0 Å². The van der Waals surface area contributed by atoms with Gasteiger partial charge < -0.3 is 10.2 Å². The first kappa shape index (κ1) is 6.62. The van der Waals surface area contributed by atoms with E-state index in [4.69, 9.17) is 0 Å². The summed E-state index contributed by atoms with van der Waals surface area (Å²) in [5, 5.41) is 3.51. The van der Waals surface area contributed by atoms with Gasteiger partial charge in [-0.3, -0.25) is 0 Å². The van der Waals surface area contributed by atoms with Crippen molar-refractivity contribution in [2.45, 2.75) is 24.9 Å². The van der Waals surface area contributed by atoms with Crippen molar-refractivity contribution in [1.29, 1.82) is 0 Å². The standard InChI is InChI=1S/C8H16N2/c1-10(2)8-5-7-6(8)3-4-9-7/h6-9H,3-5H2,1-2H3. The second-order valence-electron chi connectivity index (χ2n) is 3.78. The Labute approximate surface area is 62.6 Å². The Morgan fingerprint density at radius 3 is 2.80 bits per heavy atom. The van der Waals surface area contributed by atoms with Gasteiger partial charge in [-0.05, 0) is 39.4 Å². The SMILES string of the molecule is CN(C)C1CC2NCCC21. The molecule has 1 aliphatic heterocycles. The minimum Gasteiger partial charge on any atom is -0.314 e. The second-order valence-corrected chi connectivity index (χ2v) is 3.78. The van der Waals surface area contributed by atoms with E-state index in [0.717, 1.165) is 18.0 Å². The molecule has 1 heterocycles. The lowest BCUT2D eigenvalue weighted by atomic mass is 9.75. The topological polar surface area (TPSA) is 15.3 Å². The molecular weight excluding hydrogens is 124 g/mol. The Kier molecular flexibility index (Phi) is 1.46. The highest BCUT2D eigenvalue weighted by Gasteiger charge is 2.44. The fourth-order valence-corrected chi connectivity index (χ4v) is 2.34. The van der Waals surface area contributed by atoms with Crippen molar-refractivity contribution in [3.63, 3.8) is 0 Å². The van der Waals surface area contributed by atoms with E-state index in [1.807, 2.05) is 0 Å². The first-order valence-corrected chi connectivity index (χ1v) is 4.19. The van der Waals surface area contributed by atoms with E-state index >= 15 is 0 Å². The summed E-state index contributed by atoms with van der Waals surface area (Å²) in [5.41, 5.74) is 0. The van der Waals surface area contributed by atoms with Crippen LogP contribution < -0.4 is 5.32 Å². The number of rotatable bonds is 1. The molecule has 1 saturated heterocycles. The van der Waals surface area contributed by atoms with Crippen LogP contribution in [0.25, 0.3) is 0 Å². The lowest BCUT2D eigenvalue weighted by molar-refractivity contribution is 0.0907. The van der Waals surface area contributed by atoms with Gasteiger partial charge in [0, 0.05) is 12.1 Å². The minimum absolute atomic E-state index is 0.868. The van der Waals surface area contributed by atoms with Gasteiger partial charge in [-0.1, -0.05) is 0 Å². The summed E-state index contributed by atoms with van der Waals surface area (Å²) in [4.78, 5) is 2.37. The van der Waals surface area contributed by atoms with Crippen molar-refractivity contribution in [1.82, 2.24) is 10.2 Å². The van der Waals surface area contributed by atoms with Crippen molar-refractivity contribution in [2.24, 2.45) is 5.92 Å². The van der Waals surface area contributed by atoms with Crippen molar-refractivity contribution in [3.05, 3.63) is 0 Å². The average molecular weight is 140 g/mol. The summed E-state index contributed by atoms with van der Waals surface area (Å²) in [6.07, 6.45) is 2.77. The zero-order chi connectivity index (χ0) is 7.14. The normalized spacial score (nSPS) is 45.3. The largest absolute Gasteiger partial charge is 0.314 e. The van der Waals surface area contributed by atoms with Crippen LogP contribution >= 0.6 is 0 Å². The van der Waals surface area contributed by atoms with E-state index in [9.17, 15) is 0 Å². The number of nitrogens with zero attached hydrogens (tertiary/aromatic N) is 1. The van der Waals surface area contributed by atoms with Crippen molar-refractivity contribution in [3.8, 4) is 0 Å². The molecule has 2 heteroatoms. The van der Waals surface area contributed by atoms with Crippen LogP contribution in [0.15, 0.2) is 0 Å². The summed E-state index contributed by atoms with van der Waals surface area (Å²) in [6, 6.07) is 1.74. The van der Waals surface area contributed by atoms with Gasteiger partial charge >= 0.3 is 0 Å². The second kappa shape index (κ2) is 2.21. The lowest BCUT2D eigenvalue weighted by Gasteiger charge is -2.44. The van der Waals surface area contributed by atoms with E-state index in [1.165, 1.54) is 19.4 Å². The number of hydrogen-bond donors (Lipinski definition) is 1. The number of hydrogen-bond acceptors (Lipinski definition) is 2. The zero-order valence-electron chi connectivity index (χ0n) is 6.80. The Balaban J connectivity index is 1.94. The van der Waals surface area contributed by atoms with Crippen molar-refractivity contribution < 1.29 is 0 Å². The van der Waals surface area contributed by atoms with Gasteiger partial charge in [-0.25, -0.2) is 0 Å². The summed E-state index contributed by atoms with van der Waals surface area (Å²) in [5.74, 6) is 0.968. The third-order valence-corrected chi connectivity index (χ3v) is 3.05. The molecule has 10 heavy (non-hydrogen) atoms. The highest BCUT2D eigenvalue weighted by atomic mass is 15.2. The zero-order valence-corrected chi connectivity index (χ0v) is 6.80. The Morgan fingerprint density at radius 2 is 2.20 bits per heavy atom. The van der Waals surface area contributed by atoms with E-state index < -0.39 is 0 Å². The Morgan fingerprint density at radius 1 is 1.40 bits per heavy atom. The molecule has 1 aliphatic carbocycles. The molecule has 0 amide bonds. The maximum Gasteiger partial charge on any atom is 0.0148 e. The predicted octanol–water partition coefficient (Wildman–Crippen LogP) is 0.298. The van der Waals surface area contributed by atoms with Crippen LogP contribution in [-0.2, 0) is 0 Å². The third kappa shape index (κ3) is 0.789. The molecule has 0 aromatic carbocycles. The predicted molar refractivity (Wildman–Crippen MR) is 42.0 cm³/mol. The minimum atomic E-state index is 0.868. The molecule has 2 nitrogen and oxygen atoms in total. The van der Waals surface area contributed by atoms with Crippen LogP contribution in [0.1, 0.15) is 12.8 Å². The van der Waals surface area contributed by atoms with E-state index in [-0.39, 0.29) is 0 Å². The Bertz CT molecular complexity index is 133. The Hall–Kier alpha value is -0.0800. The monoisotopic (exact) mass is 140 g/mol. The van der Waals surface area contributed by atoms with E-state index in [2.05, 4.69) is 24.3 Å². The summed E-state index contributed by atoms with van der Waals surface area (Å²) >= 11 is 0. The molecule has 0 aromatic heterocycles. The van der Waals surface area contributed by atoms with E-state index in [0.29, 0.717) is 0 Å². The molecular formula is C8H16N2. The number of fused-ring (bicyclic) bond motifs is 1. The van der Waals surface area contributed by atoms with Gasteiger partial charge in [0.05, 0.1) is 0 Å². The van der Waals surface area contributed by atoms with Crippen LogP contribution in [0, 0.1) is 5.92 Å². The van der Waals surface area contributed by atoms with Crippen LogP contribution in [-0.4, -0.2) is 37.6 Å². The van der Waals surface area contributed by atoms with Crippen LogP contribution in [0.2, 0.25) is 0 Å². The van der Waals surface area contributed by atoms with Crippen molar-refractivity contribution in [2.75, 3.05) is 20.6 Å². The fraction of sp³-hybridized carbons (Fsp3) is 1.00. The van der Waals surface area contributed by atoms with Gasteiger partial charge in [0.2, 0.25) is 0 Å². The smallest absolute Gasteiger partial charge is 0.0148 e. The molecule has 0 aromatic rings. The molecule has 0 radical (unpaired) electrons. The maximum absolute atomic E-state index is 3.51. The fourth-order valence-electron chi connectivity index (χ4n) is 2.34. The molecule has 2 rings (SSSR count). The number of nitrogens with one attached hydrogen (secondary N) is 1. The highest BCUT2D eigenvalue weighted by Crippen LogP contribution is 2.37. The van der Waals surface area contributed by atoms with Crippen LogP contribution in [0.3, 0.4) is 0 Å². The molecule has 2 fully saturated rings. The maximum atomic E-state index is 3.51. The molecule has 1 N–H and O–H groups in total. The summed E-state index contributed by atoms with van der Waals surface area (Å²) < 4.78 is 0.